The predicted molar refractivity (Wildman–Crippen MR) is 86.6 cm³/mol. The molecule has 0 bridgehead atoms. The van der Waals surface area contributed by atoms with Gasteiger partial charge < -0.3 is 10.1 Å². The summed E-state index contributed by atoms with van der Waals surface area (Å²) in [6, 6.07) is 4.42. The molecular formula is C15H24N2O4S. The Morgan fingerprint density at radius 1 is 1.27 bits per heavy atom. The standard InChI is InChI=1S/C15H24N2O4S/c1-6-11(7-2)15(18)16-13-10-12(8-9-14(13)21-5)22(19,20)17(3)4/h8-11H,6-7H2,1-5H3,(H,16,18). The van der Waals surface area contributed by atoms with E-state index in [-0.39, 0.29) is 16.7 Å². The topological polar surface area (TPSA) is 75.7 Å². The molecule has 1 aromatic rings. The summed E-state index contributed by atoms with van der Waals surface area (Å²) in [6.45, 7) is 3.88. The summed E-state index contributed by atoms with van der Waals surface area (Å²) in [5.74, 6) is 0.179. The van der Waals surface area contributed by atoms with Gasteiger partial charge in [0, 0.05) is 20.0 Å². The Balaban J connectivity index is 3.20. The average molecular weight is 328 g/mol. The van der Waals surface area contributed by atoms with E-state index in [0.717, 1.165) is 17.1 Å². The highest BCUT2D eigenvalue weighted by molar-refractivity contribution is 7.89. The number of hydrogen-bond donors (Lipinski definition) is 1. The normalized spacial score (nSPS) is 11.8. The Labute approximate surface area is 132 Å². The van der Waals surface area contributed by atoms with Gasteiger partial charge in [-0.25, -0.2) is 12.7 Å². The SMILES string of the molecule is CCC(CC)C(=O)Nc1cc(S(=O)(=O)N(C)C)ccc1OC. The molecule has 0 aromatic heterocycles. The molecule has 0 heterocycles. The number of nitrogens with one attached hydrogen (secondary N) is 1. The van der Waals surface area contributed by atoms with Crippen LogP contribution in [0.25, 0.3) is 0 Å². The second kappa shape index (κ2) is 7.60. The second-order valence-corrected chi connectivity index (χ2v) is 7.30. The molecule has 7 heteroatoms. The van der Waals surface area contributed by atoms with Crippen molar-refractivity contribution in [2.75, 3.05) is 26.5 Å². The van der Waals surface area contributed by atoms with Gasteiger partial charge in [-0.1, -0.05) is 13.8 Å². The number of amides is 1. The van der Waals surface area contributed by atoms with Gasteiger partial charge >= 0.3 is 0 Å². The van der Waals surface area contributed by atoms with Gasteiger partial charge in [-0.15, -0.1) is 0 Å². The van der Waals surface area contributed by atoms with Crippen molar-refractivity contribution >= 4 is 21.6 Å². The highest BCUT2D eigenvalue weighted by Gasteiger charge is 2.21. The van der Waals surface area contributed by atoms with E-state index in [9.17, 15) is 13.2 Å². The van der Waals surface area contributed by atoms with E-state index >= 15 is 0 Å². The molecule has 0 atom stereocenters. The molecule has 124 valence electrons. The predicted octanol–water partition coefficient (Wildman–Crippen LogP) is 2.32. The van der Waals surface area contributed by atoms with Crippen LogP contribution in [0.3, 0.4) is 0 Å². The van der Waals surface area contributed by atoms with Crippen LogP contribution in [-0.4, -0.2) is 39.8 Å². The van der Waals surface area contributed by atoms with Crippen LogP contribution in [0.15, 0.2) is 23.1 Å². The molecule has 0 aliphatic heterocycles. The molecule has 1 N–H and O–H groups in total. The monoisotopic (exact) mass is 328 g/mol. The van der Waals surface area contributed by atoms with Crippen molar-refractivity contribution < 1.29 is 17.9 Å². The third-order valence-electron chi connectivity index (χ3n) is 3.56. The lowest BCUT2D eigenvalue weighted by Crippen LogP contribution is -2.24. The minimum Gasteiger partial charge on any atom is -0.495 e. The van der Waals surface area contributed by atoms with Crippen LogP contribution < -0.4 is 10.1 Å². The van der Waals surface area contributed by atoms with Crippen molar-refractivity contribution in [3.8, 4) is 5.75 Å². The number of methoxy groups -OCH3 is 1. The third-order valence-corrected chi connectivity index (χ3v) is 5.37. The first-order valence-electron chi connectivity index (χ1n) is 7.19. The summed E-state index contributed by atoms with van der Waals surface area (Å²) in [5, 5.41) is 2.77. The van der Waals surface area contributed by atoms with Gasteiger partial charge in [0.1, 0.15) is 5.75 Å². The molecule has 0 saturated carbocycles. The van der Waals surface area contributed by atoms with Crippen LogP contribution in [0.4, 0.5) is 5.69 Å². The van der Waals surface area contributed by atoms with Crippen molar-refractivity contribution in [3.63, 3.8) is 0 Å². The molecular weight excluding hydrogens is 304 g/mol. The molecule has 0 saturated heterocycles. The van der Waals surface area contributed by atoms with Gasteiger partial charge in [-0.2, -0.15) is 0 Å². The van der Waals surface area contributed by atoms with Crippen molar-refractivity contribution in [2.45, 2.75) is 31.6 Å². The Kier molecular flexibility index (Phi) is 6.37. The molecule has 0 aliphatic carbocycles. The van der Waals surface area contributed by atoms with Gasteiger partial charge in [0.05, 0.1) is 17.7 Å². The second-order valence-electron chi connectivity index (χ2n) is 5.15. The van der Waals surface area contributed by atoms with Crippen molar-refractivity contribution in [2.24, 2.45) is 5.92 Å². The van der Waals surface area contributed by atoms with Gasteiger partial charge in [0.15, 0.2) is 0 Å². The lowest BCUT2D eigenvalue weighted by molar-refractivity contribution is -0.120. The lowest BCUT2D eigenvalue weighted by atomic mass is 10.0. The lowest BCUT2D eigenvalue weighted by Gasteiger charge is -2.17. The zero-order chi connectivity index (χ0) is 16.9. The molecule has 1 rings (SSSR count). The molecule has 22 heavy (non-hydrogen) atoms. The third kappa shape index (κ3) is 3.98. The van der Waals surface area contributed by atoms with Gasteiger partial charge in [-0.05, 0) is 31.0 Å². The molecule has 0 fully saturated rings. The van der Waals surface area contributed by atoms with E-state index in [0.29, 0.717) is 11.4 Å². The first-order chi connectivity index (χ1) is 10.3. The first kappa shape index (κ1) is 18.4. The van der Waals surface area contributed by atoms with Crippen LogP contribution in [-0.2, 0) is 14.8 Å². The van der Waals surface area contributed by atoms with Crippen molar-refractivity contribution in [1.29, 1.82) is 0 Å². The first-order valence-corrected chi connectivity index (χ1v) is 8.63. The maximum absolute atomic E-state index is 12.2. The largest absolute Gasteiger partial charge is 0.495 e. The summed E-state index contributed by atoms with van der Waals surface area (Å²) in [7, 11) is 0.830. The zero-order valence-electron chi connectivity index (χ0n) is 13.7. The minimum absolute atomic E-state index is 0.109. The highest BCUT2D eigenvalue weighted by atomic mass is 32.2. The number of carbonyl (C=O) groups excluding carboxylic acids is 1. The summed E-state index contributed by atoms with van der Waals surface area (Å²) in [6.07, 6.45) is 1.45. The van der Waals surface area contributed by atoms with E-state index in [4.69, 9.17) is 4.74 Å². The van der Waals surface area contributed by atoms with Crippen molar-refractivity contribution in [3.05, 3.63) is 18.2 Å². The fraction of sp³-hybridized carbons (Fsp3) is 0.533. The Morgan fingerprint density at radius 3 is 2.32 bits per heavy atom. The Hall–Kier alpha value is -1.60. The molecule has 0 spiro atoms. The number of nitrogens with zero attached hydrogens (tertiary/aromatic N) is 1. The number of rotatable bonds is 7. The van der Waals surface area contributed by atoms with Crippen LogP contribution in [0.5, 0.6) is 5.75 Å². The van der Waals surface area contributed by atoms with Crippen LogP contribution >= 0.6 is 0 Å². The molecule has 0 aliphatic rings. The summed E-state index contributed by atoms with van der Waals surface area (Å²) < 4.78 is 30.7. The average Bonchev–Trinajstić information content (AvgIpc) is 2.48. The van der Waals surface area contributed by atoms with Crippen LogP contribution in [0.2, 0.25) is 0 Å². The summed E-state index contributed by atoms with van der Waals surface area (Å²) in [4.78, 5) is 12.3. The van der Waals surface area contributed by atoms with E-state index in [1.54, 1.807) is 6.07 Å². The highest BCUT2D eigenvalue weighted by Crippen LogP contribution is 2.29. The van der Waals surface area contributed by atoms with Gasteiger partial charge in [0.25, 0.3) is 0 Å². The van der Waals surface area contributed by atoms with E-state index in [1.807, 2.05) is 13.8 Å². The maximum Gasteiger partial charge on any atom is 0.242 e. The van der Waals surface area contributed by atoms with Gasteiger partial charge in [-0.3, -0.25) is 4.79 Å². The van der Waals surface area contributed by atoms with E-state index in [1.165, 1.54) is 33.3 Å². The van der Waals surface area contributed by atoms with Gasteiger partial charge in [0.2, 0.25) is 15.9 Å². The minimum atomic E-state index is -3.57. The van der Waals surface area contributed by atoms with Crippen LogP contribution in [0, 0.1) is 5.92 Å². The maximum atomic E-state index is 12.2. The summed E-state index contributed by atoms with van der Waals surface area (Å²) >= 11 is 0. The number of hydrogen-bond acceptors (Lipinski definition) is 4. The number of benzene rings is 1. The molecule has 6 nitrogen and oxygen atoms in total. The Bertz CT molecular complexity index is 622. The van der Waals surface area contributed by atoms with Crippen molar-refractivity contribution in [1.82, 2.24) is 4.31 Å². The Morgan fingerprint density at radius 2 is 1.86 bits per heavy atom. The van der Waals surface area contributed by atoms with E-state index in [2.05, 4.69) is 5.32 Å². The fourth-order valence-corrected chi connectivity index (χ4v) is 2.98. The quantitative estimate of drug-likeness (QED) is 0.833. The summed E-state index contributed by atoms with van der Waals surface area (Å²) in [5.41, 5.74) is 0.363. The molecule has 0 radical (unpaired) electrons. The smallest absolute Gasteiger partial charge is 0.242 e. The number of carbonyl (C=O) groups is 1. The number of anilines is 1. The van der Waals surface area contributed by atoms with E-state index < -0.39 is 10.0 Å². The van der Waals surface area contributed by atoms with Crippen LogP contribution in [0.1, 0.15) is 26.7 Å². The fourth-order valence-electron chi connectivity index (χ4n) is 2.05. The molecule has 0 unspecified atom stereocenters. The number of sulfonamides is 1. The number of ether oxygens (including phenoxy) is 1. The zero-order valence-corrected chi connectivity index (χ0v) is 14.5. The molecule has 1 aromatic carbocycles. The molecule has 1 amide bonds.